The van der Waals surface area contributed by atoms with Crippen LogP contribution < -0.4 is 4.57 Å². The quantitative estimate of drug-likeness (QED) is 0.588. The van der Waals surface area contributed by atoms with E-state index in [1.54, 1.807) is 11.3 Å². The second-order valence-electron chi connectivity index (χ2n) is 2.81. The molecule has 0 unspecified atom stereocenters. The van der Waals surface area contributed by atoms with E-state index in [-0.39, 0.29) is 0 Å². The molecule has 0 fully saturated rings. The summed E-state index contributed by atoms with van der Waals surface area (Å²) in [6.45, 7) is 3.25. The van der Waals surface area contributed by atoms with Gasteiger partial charge in [-0.25, -0.2) is 0 Å². The van der Waals surface area contributed by atoms with Gasteiger partial charge in [-0.2, -0.15) is 4.57 Å². The van der Waals surface area contributed by atoms with Crippen LogP contribution in [0.15, 0.2) is 27.2 Å². The standard InChI is InChI=1S/C10H12NS3/c1-3-11-8(7-14-10(11)12-2)9-5-4-6-13-9/h4-7H,3H2,1-2H3/q+1. The predicted octanol–water partition coefficient (Wildman–Crippen LogP) is 3.51. The van der Waals surface area contributed by atoms with Gasteiger partial charge < -0.3 is 0 Å². The summed E-state index contributed by atoms with van der Waals surface area (Å²) in [5, 5.41) is 4.38. The summed E-state index contributed by atoms with van der Waals surface area (Å²) >= 11 is 5.46. The van der Waals surface area contributed by atoms with Crippen molar-refractivity contribution < 1.29 is 4.57 Å². The largest absolute Gasteiger partial charge is 0.297 e. The Bertz CT molecular complexity index is 403. The van der Waals surface area contributed by atoms with Gasteiger partial charge in [0.1, 0.15) is 6.54 Å². The normalized spacial score (nSPS) is 10.7. The molecule has 74 valence electrons. The van der Waals surface area contributed by atoms with Crippen LogP contribution >= 0.6 is 34.4 Å². The highest BCUT2D eigenvalue weighted by molar-refractivity contribution is 8.00. The molecule has 0 aliphatic carbocycles. The van der Waals surface area contributed by atoms with E-state index in [4.69, 9.17) is 0 Å². The van der Waals surface area contributed by atoms with E-state index >= 15 is 0 Å². The monoisotopic (exact) mass is 242 g/mol. The van der Waals surface area contributed by atoms with Crippen molar-refractivity contribution in [2.75, 3.05) is 6.26 Å². The predicted molar refractivity (Wildman–Crippen MR) is 65.3 cm³/mol. The number of thioether (sulfide) groups is 1. The first kappa shape index (κ1) is 10.2. The van der Waals surface area contributed by atoms with Gasteiger partial charge in [-0.1, -0.05) is 17.4 Å². The van der Waals surface area contributed by atoms with Gasteiger partial charge in [0, 0.05) is 0 Å². The van der Waals surface area contributed by atoms with Gasteiger partial charge in [-0.15, -0.1) is 11.3 Å². The summed E-state index contributed by atoms with van der Waals surface area (Å²) in [4.78, 5) is 1.36. The van der Waals surface area contributed by atoms with Crippen LogP contribution in [0.5, 0.6) is 0 Å². The van der Waals surface area contributed by atoms with Crippen molar-refractivity contribution in [3.63, 3.8) is 0 Å². The number of thiazole rings is 1. The Morgan fingerprint density at radius 2 is 2.29 bits per heavy atom. The van der Waals surface area contributed by atoms with Gasteiger partial charge in [0.05, 0.1) is 10.3 Å². The lowest BCUT2D eigenvalue weighted by atomic mass is 10.4. The molecule has 2 aromatic rings. The fourth-order valence-corrected chi connectivity index (χ4v) is 4.03. The molecule has 0 aliphatic rings. The summed E-state index contributed by atoms with van der Waals surface area (Å²) in [6.07, 6.45) is 2.14. The van der Waals surface area contributed by atoms with Crippen molar-refractivity contribution in [3.05, 3.63) is 22.9 Å². The van der Waals surface area contributed by atoms with Crippen LogP contribution in [0.25, 0.3) is 10.6 Å². The van der Waals surface area contributed by atoms with Crippen LogP contribution in [0.4, 0.5) is 0 Å². The van der Waals surface area contributed by atoms with E-state index in [2.05, 4.69) is 40.6 Å². The maximum absolute atomic E-state index is 2.38. The van der Waals surface area contributed by atoms with E-state index in [0.717, 1.165) is 6.54 Å². The first-order valence-corrected chi connectivity index (χ1v) is 7.44. The van der Waals surface area contributed by atoms with Crippen molar-refractivity contribution in [3.8, 4) is 10.6 Å². The van der Waals surface area contributed by atoms with Gasteiger partial charge >= 0.3 is 0 Å². The number of thiophene rings is 1. The van der Waals surface area contributed by atoms with E-state index in [1.807, 2.05) is 23.1 Å². The second-order valence-corrected chi connectivity index (χ2v) is 5.67. The van der Waals surface area contributed by atoms with E-state index in [0.29, 0.717) is 0 Å². The fraction of sp³-hybridized carbons (Fsp3) is 0.300. The summed E-state index contributed by atoms with van der Waals surface area (Å²) in [5.41, 5.74) is 1.36. The lowest BCUT2D eigenvalue weighted by Crippen LogP contribution is -2.34. The van der Waals surface area contributed by atoms with Crippen molar-refractivity contribution in [2.24, 2.45) is 0 Å². The molecule has 1 nitrogen and oxygen atoms in total. The minimum atomic E-state index is 1.05. The van der Waals surface area contributed by atoms with E-state index in [1.165, 1.54) is 14.9 Å². The van der Waals surface area contributed by atoms with Crippen LogP contribution in [0, 0.1) is 0 Å². The third-order valence-corrected chi connectivity index (χ3v) is 5.06. The molecular weight excluding hydrogens is 230 g/mol. The molecule has 0 atom stereocenters. The molecule has 0 saturated carbocycles. The van der Waals surface area contributed by atoms with Gasteiger partial charge in [0.25, 0.3) is 4.34 Å². The van der Waals surface area contributed by atoms with E-state index < -0.39 is 0 Å². The Hall–Kier alpha value is -0.320. The Kier molecular flexibility index (Phi) is 3.26. The summed E-state index contributed by atoms with van der Waals surface area (Å²) in [6, 6.07) is 4.29. The molecule has 0 radical (unpaired) electrons. The summed E-state index contributed by atoms with van der Waals surface area (Å²) in [5.74, 6) is 0. The second kappa shape index (κ2) is 4.47. The smallest absolute Gasteiger partial charge is 0.176 e. The first-order valence-electron chi connectivity index (χ1n) is 4.46. The zero-order valence-electron chi connectivity index (χ0n) is 8.19. The maximum Gasteiger partial charge on any atom is 0.297 e. The molecule has 4 heteroatoms. The average molecular weight is 242 g/mol. The van der Waals surface area contributed by atoms with Crippen LogP contribution in [-0.4, -0.2) is 6.26 Å². The zero-order chi connectivity index (χ0) is 9.97. The zero-order valence-corrected chi connectivity index (χ0v) is 10.6. The Morgan fingerprint density at radius 1 is 1.43 bits per heavy atom. The summed E-state index contributed by atoms with van der Waals surface area (Å²) in [7, 11) is 0. The Labute approximate surface area is 96.4 Å². The minimum absolute atomic E-state index is 1.05. The molecule has 0 aromatic carbocycles. The minimum Gasteiger partial charge on any atom is -0.176 e. The Morgan fingerprint density at radius 3 is 2.86 bits per heavy atom. The number of aromatic nitrogens is 1. The molecule has 0 N–H and O–H groups in total. The molecule has 2 heterocycles. The summed E-state index contributed by atoms with van der Waals surface area (Å²) < 4.78 is 3.76. The molecular formula is C10H12NS3+. The highest BCUT2D eigenvalue weighted by atomic mass is 32.2. The lowest BCUT2D eigenvalue weighted by Gasteiger charge is -1.94. The SMILES string of the molecule is CC[n+]1c(-c2cccs2)csc1SC. The molecule has 0 bridgehead atoms. The average Bonchev–Trinajstić information content (AvgIpc) is 2.85. The molecule has 2 aromatic heterocycles. The molecule has 0 saturated heterocycles. The number of hydrogen-bond acceptors (Lipinski definition) is 3. The van der Waals surface area contributed by atoms with Crippen LogP contribution in [-0.2, 0) is 6.54 Å². The Balaban J connectivity index is 2.48. The van der Waals surface area contributed by atoms with Crippen molar-refractivity contribution in [1.29, 1.82) is 0 Å². The van der Waals surface area contributed by atoms with E-state index in [9.17, 15) is 0 Å². The maximum atomic E-state index is 2.38. The van der Waals surface area contributed by atoms with Crippen LogP contribution in [0.1, 0.15) is 6.92 Å². The van der Waals surface area contributed by atoms with Crippen molar-refractivity contribution in [2.45, 2.75) is 17.8 Å². The molecule has 14 heavy (non-hydrogen) atoms. The van der Waals surface area contributed by atoms with Crippen LogP contribution in [0.2, 0.25) is 0 Å². The van der Waals surface area contributed by atoms with Crippen molar-refractivity contribution >= 4 is 34.4 Å². The van der Waals surface area contributed by atoms with Gasteiger partial charge in [0.2, 0.25) is 5.69 Å². The van der Waals surface area contributed by atoms with Gasteiger partial charge in [0.15, 0.2) is 0 Å². The topological polar surface area (TPSA) is 3.88 Å². The number of nitrogens with zero attached hydrogens (tertiary/aromatic N) is 1. The molecule has 2 rings (SSSR count). The number of hydrogen-bond donors (Lipinski definition) is 0. The van der Waals surface area contributed by atoms with Crippen molar-refractivity contribution in [1.82, 2.24) is 0 Å². The molecule has 0 aliphatic heterocycles. The third kappa shape index (κ3) is 1.74. The highest BCUT2D eigenvalue weighted by Crippen LogP contribution is 2.27. The lowest BCUT2D eigenvalue weighted by molar-refractivity contribution is -0.712. The first-order chi connectivity index (χ1) is 6.86. The fourth-order valence-electron chi connectivity index (χ4n) is 1.40. The molecule has 0 amide bonds. The molecule has 0 spiro atoms. The number of rotatable bonds is 3. The van der Waals surface area contributed by atoms with Gasteiger partial charge in [-0.05, 0) is 36.4 Å². The van der Waals surface area contributed by atoms with Gasteiger partial charge in [-0.3, -0.25) is 0 Å². The third-order valence-electron chi connectivity index (χ3n) is 2.05. The highest BCUT2D eigenvalue weighted by Gasteiger charge is 2.19. The van der Waals surface area contributed by atoms with Crippen LogP contribution in [0.3, 0.4) is 0 Å².